The van der Waals surface area contributed by atoms with E-state index in [1.165, 1.54) is 152 Å². The van der Waals surface area contributed by atoms with Crippen molar-refractivity contribution in [3.05, 3.63) is 402 Å². The zero-order valence-electron chi connectivity index (χ0n) is 66.0. The van der Waals surface area contributed by atoms with Gasteiger partial charge in [-0.3, -0.25) is 19.9 Å². The van der Waals surface area contributed by atoms with Crippen LogP contribution in [-0.2, 0) is 29.1 Å². The molecule has 0 atom stereocenters. The second kappa shape index (κ2) is 44.1. The molecule has 17 aromatic rings. The number of rotatable bonds is 11. The Labute approximate surface area is 846 Å². The van der Waals surface area contributed by atoms with Crippen LogP contribution in [-0.4, -0.2) is 87.7 Å². The molecule has 5 aromatic heterocycles. The number of para-hydroxylation sites is 1. The third-order valence-electron chi connectivity index (χ3n) is 21.6. The molecule has 120 heavy (non-hydrogen) atoms. The third-order valence-corrected chi connectivity index (χ3v) is 22.1. The SMILES string of the molecule is Brc1ccc(N(c2cccc(-c3ccccn3)c2)c2cccc(-c3ccccn3)c2)cc1.CC1(C)c2ccccc2-c2cc3c(cc21)Cc1ccccc1-3.CC1(C)c2ccccc2-c2cc3c4ccccc4n(-c4ccc(N(c5cccc(-c6ccccn6)c5)c5cccc(-c6ccccn6)c5)cc4)c3cc21.I.II.I[I-]I.[Cl][Pt]([Cl])([Cl])[Cl].[K][K]. The number of halogens is 11. The Morgan fingerprint density at radius 1 is 0.350 bits per heavy atom. The van der Waals surface area contributed by atoms with E-state index in [2.05, 4.69) is 431 Å². The molecule has 7 nitrogen and oxygen atoms in total. The van der Waals surface area contributed by atoms with Gasteiger partial charge in [-0.05, 0) is 243 Å². The molecule has 12 aromatic carbocycles. The van der Waals surface area contributed by atoms with Crippen LogP contribution in [0.25, 0.3) is 106 Å². The first kappa shape index (κ1) is 94.2. The van der Waals surface area contributed by atoms with Crippen LogP contribution >= 0.6 is 152 Å². The molecular formula is C99H75BrCl4I6K2N7Pt-. The zero-order valence-corrected chi connectivity index (χ0v) is 92.2. The first-order valence-corrected chi connectivity index (χ1v) is 85.4. The van der Waals surface area contributed by atoms with Gasteiger partial charge in [-0.1, -0.05) is 213 Å². The van der Waals surface area contributed by atoms with Gasteiger partial charge in [-0.25, -0.2) is 0 Å². The van der Waals surface area contributed by atoms with Gasteiger partial charge in [0, 0.05) is 150 Å². The molecule has 0 fully saturated rings. The van der Waals surface area contributed by atoms with Crippen LogP contribution < -0.4 is 23.1 Å². The van der Waals surface area contributed by atoms with E-state index in [9.17, 15) is 0 Å². The fourth-order valence-electron chi connectivity index (χ4n) is 16.4. The minimum absolute atomic E-state index is 0. The van der Waals surface area contributed by atoms with E-state index in [1.807, 2.05) is 85.5 Å². The number of hydrogen-bond donors (Lipinski definition) is 0. The molecule has 3 aliphatic rings. The number of pyridine rings is 4. The Morgan fingerprint density at radius 3 is 1.12 bits per heavy atom. The third kappa shape index (κ3) is 21.8. The molecule has 20 rings (SSSR count). The summed E-state index contributed by atoms with van der Waals surface area (Å²) < 4.78 is 3.48. The molecule has 0 amide bonds. The molecule has 0 saturated carbocycles. The minimum atomic E-state index is -3.06. The topological polar surface area (TPSA) is 63.0 Å². The molecule has 0 unspecified atom stereocenters. The van der Waals surface area contributed by atoms with Gasteiger partial charge in [0.15, 0.2) is 0 Å². The average molecular weight is 2620 g/mol. The quantitative estimate of drug-likeness (QED) is 0.0950. The predicted molar refractivity (Wildman–Crippen MR) is 553 cm³/mol. The van der Waals surface area contributed by atoms with Gasteiger partial charge >= 0.3 is 163 Å². The summed E-state index contributed by atoms with van der Waals surface area (Å²) in [6.45, 7) is 9.41. The van der Waals surface area contributed by atoms with Crippen molar-refractivity contribution in [3.8, 4) is 84.1 Å². The fraction of sp³-hybridized carbons (Fsp3) is 0.0707. The van der Waals surface area contributed by atoms with E-state index in [-0.39, 0.29) is 34.8 Å². The van der Waals surface area contributed by atoms with Crippen LogP contribution in [0.1, 0.15) is 61.1 Å². The van der Waals surface area contributed by atoms with Crippen molar-refractivity contribution < 1.29 is 25.2 Å². The Balaban J connectivity index is 0.000000157. The van der Waals surface area contributed by atoms with Crippen molar-refractivity contribution in [1.29, 1.82) is 0 Å². The summed E-state index contributed by atoms with van der Waals surface area (Å²) >= 11 is 12.5. The Kier molecular flexibility index (Phi) is 34.6. The Bertz CT molecular complexity index is 6210. The first-order chi connectivity index (χ1) is 57.9. The Hall–Kier alpha value is -3.38. The van der Waals surface area contributed by atoms with Crippen molar-refractivity contribution >= 4 is 271 Å². The van der Waals surface area contributed by atoms with Crippen molar-refractivity contribution in [2.24, 2.45) is 0 Å². The fourth-order valence-corrected chi connectivity index (χ4v) is 16.6. The summed E-state index contributed by atoms with van der Waals surface area (Å²) in [6, 6.07) is 121. The molecule has 0 radical (unpaired) electrons. The predicted octanol–water partition coefficient (Wildman–Crippen LogP) is 29.4. The molecule has 0 aliphatic heterocycles. The summed E-state index contributed by atoms with van der Waals surface area (Å²) in [5, 5.41) is 2.53. The van der Waals surface area contributed by atoms with E-state index in [0.717, 1.165) is 95.7 Å². The number of aromatic nitrogens is 5. The molecule has 0 saturated heterocycles. The number of nitrogens with zero attached hydrogens (tertiary/aromatic N) is 7. The zero-order chi connectivity index (χ0) is 83.4. The second-order valence-electron chi connectivity index (χ2n) is 29.0. The van der Waals surface area contributed by atoms with Crippen LogP contribution in [0.15, 0.2) is 369 Å². The molecule has 0 bridgehead atoms. The summed E-state index contributed by atoms with van der Waals surface area (Å²) in [5.41, 5.74) is 35.0. The number of anilines is 6. The van der Waals surface area contributed by atoms with Crippen LogP contribution in [0.3, 0.4) is 0 Å². The summed E-state index contributed by atoms with van der Waals surface area (Å²) in [4.78, 5) is 22.9. The van der Waals surface area contributed by atoms with Crippen molar-refractivity contribution in [2.75, 3.05) is 9.80 Å². The summed E-state index contributed by atoms with van der Waals surface area (Å²) in [5.74, 6) is 0. The van der Waals surface area contributed by atoms with E-state index in [4.69, 9.17) is 37.7 Å². The van der Waals surface area contributed by atoms with E-state index in [0.29, 0.717) is 13.3 Å². The monoisotopic (exact) mass is 2610 g/mol. The van der Waals surface area contributed by atoms with Gasteiger partial charge in [0.25, 0.3) is 0 Å². The molecule has 5 heterocycles. The van der Waals surface area contributed by atoms with Gasteiger partial charge in [0.2, 0.25) is 0 Å². The summed E-state index contributed by atoms with van der Waals surface area (Å²) in [6.07, 6.45) is 8.41. The van der Waals surface area contributed by atoms with E-state index in [1.54, 1.807) is 0 Å². The number of hydrogen-bond acceptors (Lipinski definition) is 6. The van der Waals surface area contributed by atoms with Gasteiger partial charge in [0.1, 0.15) is 0 Å². The maximum atomic E-state index is 5.01. The first-order valence-electron chi connectivity index (χ1n) is 38.4. The molecule has 0 spiro atoms. The standard InChI is InChI=1S/C49H36N4.C28H20BrN3.C22H18.4ClH.I3.I2.HI.2K.Pt/c1-49(2)43-19-5-3-17-39(43)41-31-42-40-18-4-6-22-47(40)53(48(42)32-44(41)49)36-25-23-35(24-26-36)52(37-15-11-13-33(29-37)45-20-7-9-27-50-45)38-16-12-14-34(30-38)46-21-8-10-28-51-46;29-23-13-15-24(16-14-23)32(25-9-5-7-21(19-25)27-11-1-3-17-30-27)26-10-6-8-22(20-26)28-12-2-4-18-31-28;1-22(2)20-10-6-5-9-17(20)19-13-18-15(12-21(19)22)11-14-7-3-4-8-16(14)18;;;;;1-3-2;1-2;;;;/h3-32H,1-2H3;1-20H;3-10,12-13H,11H2,1-2H3;4*1H;;;1H;;;/q;;;;;;;-1;;;;;+4/p-4. The maximum absolute atomic E-state index is 5.01. The van der Waals surface area contributed by atoms with Crippen LogP contribution in [0.2, 0.25) is 0 Å². The van der Waals surface area contributed by atoms with Crippen LogP contribution in [0.4, 0.5) is 34.1 Å². The van der Waals surface area contributed by atoms with Crippen LogP contribution in [0.5, 0.6) is 0 Å². The van der Waals surface area contributed by atoms with Crippen LogP contribution in [0, 0.1) is 0 Å². The molecular weight excluding hydrogens is 2540 g/mol. The molecule has 596 valence electrons. The average Bonchev–Trinajstić information content (AvgIpc) is 1.56. The van der Waals surface area contributed by atoms with Crippen molar-refractivity contribution in [3.63, 3.8) is 0 Å². The normalized spacial score (nSPS) is 12.4. The molecule has 3 aliphatic carbocycles. The Morgan fingerprint density at radius 2 is 0.708 bits per heavy atom. The second-order valence-corrected chi connectivity index (χ2v) is 65.9. The van der Waals surface area contributed by atoms with E-state index < -0.39 is 11.9 Å². The molecule has 0 N–H and O–H groups in total. The molecule has 21 heteroatoms. The van der Waals surface area contributed by atoms with Gasteiger partial charge in [0.05, 0.1) is 33.8 Å². The number of fused-ring (bicyclic) bond motifs is 12. The van der Waals surface area contributed by atoms with E-state index >= 15 is 0 Å². The van der Waals surface area contributed by atoms with Gasteiger partial charge in [-0.2, -0.15) is 0 Å². The van der Waals surface area contributed by atoms with Crippen molar-refractivity contribution in [2.45, 2.75) is 44.9 Å². The van der Waals surface area contributed by atoms with Crippen molar-refractivity contribution in [1.82, 2.24) is 24.5 Å². The van der Waals surface area contributed by atoms with Gasteiger partial charge in [-0.15, -0.1) is 24.0 Å². The summed E-state index contributed by atoms with van der Waals surface area (Å²) in [7, 11) is 20.0. The number of benzene rings is 12. The van der Waals surface area contributed by atoms with Gasteiger partial charge < -0.3 is 14.4 Å².